The summed E-state index contributed by atoms with van der Waals surface area (Å²) >= 11 is 0. The van der Waals surface area contributed by atoms with Gasteiger partial charge in [-0.3, -0.25) is 0 Å². The van der Waals surface area contributed by atoms with Gasteiger partial charge in [0.25, 0.3) is 0 Å². The van der Waals surface area contributed by atoms with Crippen LogP contribution in [0.1, 0.15) is 25.7 Å². The largest absolute Gasteiger partial charge is 0.392 e. The van der Waals surface area contributed by atoms with Gasteiger partial charge in [0.2, 0.25) is 0 Å². The number of oxime groups is 1. The third-order valence-electron chi connectivity index (χ3n) is 4.94. The first-order valence-electron chi connectivity index (χ1n) is 8.97. The molecule has 7 nitrogen and oxygen atoms in total. The Bertz CT molecular complexity index is 848. The molecule has 0 aliphatic carbocycles. The van der Waals surface area contributed by atoms with Gasteiger partial charge in [-0.15, -0.1) is 0 Å². The van der Waals surface area contributed by atoms with Crippen LogP contribution in [0.15, 0.2) is 28.3 Å². The topological polar surface area (TPSA) is 86.0 Å². The van der Waals surface area contributed by atoms with Gasteiger partial charge in [-0.25, -0.2) is 12.8 Å². The van der Waals surface area contributed by atoms with E-state index in [-0.39, 0.29) is 11.0 Å². The molecule has 146 valence electrons. The molecule has 0 spiro atoms. The normalized spacial score (nSPS) is 18.9. The Labute approximate surface area is 158 Å². The van der Waals surface area contributed by atoms with Crippen LogP contribution < -0.4 is 4.90 Å². The summed E-state index contributed by atoms with van der Waals surface area (Å²) in [7, 11) is -3.42. The Hall–Kier alpha value is -2.34. The molecule has 0 bridgehead atoms. The molecule has 2 aliphatic heterocycles. The van der Waals surface area contributed by atoms with Crippen LogP contribution >= 0.6 is 0 Å². The van der Waals surface area contributed by atoms with Crippen molar-refractivity contribution in [3.05, 3.63) is 24.0 Å². The maximum absolute atomic E-state index is 14.3. The van der Waals surface area contributed by atoms with Gasteiger partial charge in [0.05, 0.1) is 16.3 Å². The predicted molar refractivity (Wildman–Crippen MR) is 99.7 cm³/mol. The molecule has 2 heterocycles. The maximum Gasteiger partial charge on any atom is 0.179 e. The van der Waals surface area contributed by atoms with E-state index in [0.717, 1.165) is 30.9 Å². The molecule has 0 radical (unpaired) electrons. The van der Waals surface area contributed by atoms with Crippen LogP contribution in [-0.2, 0) is 14.7 Å². The van der Waals surface area contributed by atoms with Gasteiger partial charge in [-0.2, -0.15) is 5.26 Å². The summed E-state index contributed by atoms with van der Waals surface area (Å²) in [5, 5.41) is 13.1. The second kappa shape index (κ2) is 8.13. The smallest absolute Gasteiger partial charge is 0.179 e. The minimum Gasteiger partial charge on any atom is -0.392 e. The fraction of sp³-hybridized carbons (Fsp3) is 0.556. The first kappa shape index (κ1) is 19.4. The number of hydrogen-bond donors (Lipinski definition) is 0. The number of halogens is 1. The highest BCUT2D eigenvalue weighted by Crippen LogP contribution is 2.25. The van der Waals surface area contributed by atoms with Crippen molar-refractivity contribution in [2.75, 3.05) is 37.3 Å². The third-order valence-corrected chi connectivity index (χ3v) is 6.05. The average Bonchev–Trinajstić information content (AvgIpc) is 2.66. The summed E-state index contributed by atoms with van der Waals surface area (Å²) in [6.45, 7) is 2.60. The Morgan fingerprint density at radius 1 is 1.22 bits per heavy atom. The van der Waals surface area contributed by atoms with Crippen LogP contribution in [-0.4, -0.2) is 57.6 Å². The molecule has 0 aromatic heterocycles. The van der Waals surface area contributed by atoms with E-state index in [4.69, 9.17) is 10.1 Å². The van der Waals surface area contributed by atoms with Crippen LogP contribution in [0.25, 0.3) is 0 Å². The molecule has 27 heavy (non-hydrogen) atoms. The van der Waals surface area contributed by atoms with E-state index in [2.05, 4.69) is 11.3 Å². The van der Waals surface area contributed by atoms with Gasteiger partial charge in [0.1, 0.15) is 11.9 Å². The number of nitriles is 1. The number of rotatable bonds is 4. The minimum atomic E-state index is -3.42. The van der Waals surface area contributed by atoms with Crippen molar-refractivity contribution >= 4 is 21.2 Å². The highest BCUT2D eigenvalue weighted by molar-refractivity contribution is 7.90. The maximum atomic E-state index is 14.3. The Morgan fingerprint density at radius 2 is 1.89 bits per heavy atom. The van der Waals surface area contributed by atoms with E-state index in [1.807, 2.05) is 4.90 Å². The highest BCUT2D eigenvalue weighted by atomic mass is 32.2. The van der Waals surface area contributed by atoms with Crippen molar-refractivity contribution in [2.45, 2.75) is 36.7 Å². The van der Waals surface area contributed by atoms with Crippen molar-refractivity contribution < 1.29 is 17.6 Å². The fourth-order valence-corrected chi connectivity index (χ4v) is 3.91. The number of benzene rings is 1. The minimum absolute atomic E-state index is 0.0149. The molecular formula is C18H23FN4O3S. The second-order valence-corrected chi connectivity index (χ2v) is 8.94. The molecule has 1 aromatic rings. The molecule has 1 aromatic carbocycles. The lowest BCUT2D eigenvalue weighted by molar-refractivity contribution is 0.0204. The quantitative estimate of drug-likeness (QED) is 0.575. The number of hydrogen-bond acceptors (Lipinski definition) is 7. The summed E-state index contributed by atoms with van der Waals surface area (Å²) in [6, 6.07) is 4.03. The summed E-state index contributed by atoms with van der Waals surface area (Å²) in [6.07, 6.45) is 6.16. The summed E-state index contributed by atoms with van der Waals surface area (Å²) in [4.78, 5) is 9.22. The lowest BCUT2D eigenvalue weighted by Crippen LogP contribution is -2.35. The van der Waals surface area contributed by atoms with Gasteiger partial charge < -0.3 is 14.6 Å². The molecule has 0 amide bonds. The zero-order valence-corrected chi connectivity index (χ0v) is 16.1. The third kappa shape index (κ3) is 4.89. The summed E-state index contributed by atoms with van der Waals surface area (Å²) < 4.78 is 37.4. The van der Waals surface area contributed by atoms with Crippen molar-refractivity contribution in [1.82, 2.24) is 4.90 Å². The van der Waals surface area contributed by atoms with Crippen LogP contribution in [0.2, 0.25) is 0 Å². The molecular weight excluding hydrogens is 371 g/mol. The van der Waals surface area contributed by atoms with E-state index in [1.54, 1.807) is 4.90 Å². The molecule has 0 unspecified atom stereocenters. The van der Waals surface area contributed by atoms with E-state index in [1.165, 1.54) is 12.1 Å². The molecule has 2 saturated heterocycles. The number of anilines is 1. The fourth-order valence-electron chi connectivity index (χ4n) is 3.28. The SMILES string of the molecule is CS(=O)(=O)c1ccc(N2CCC(=NOC3CCN(C#N)CC3)CC2)c(F)c1. The summed E-state index contributed by atoms with van der Waals surface area (Å²) in [5.41, 5.74) is 1.35. The molecule has 2 fully saturated rings. The van der Waals surface area contributed by atoms with Crippen molar-refractivity contribution in [3.8, 4) is 6.19 Å². The van der Waals surface area contributed by atoms with Gasteiger partial charge in [0, 0.05) is 58.1 Å². The van der Waals surface area contributed by atoms with Gasteiger partial charge in [0.15, 0.2) is 16.0 Å². The van der Waals surface area contributed by atoms with Crippen LogP contribution in [0.3, 0.4) is 0 Å². The number of sulfone groups is 1. The number of likely N-dealkylation sites (tertiary alicyclic amines) is 1. The lowest BCUT2D eigenvalue weighted by Gasteiger charge is -2.30. The Morgan fingerprint density at radius 3 is 2.44 bits per heavy atom. The van der Waals surface area contributed by atoms with Crippen molar-refractivity contribution in [2.24, 2.45) is 5.16 Å². The van der Waals surface area contributed by atoms with Crippen LogP contribution in [0, 0.1) is 17.3 Å². The zero-order chi connectivity index (χ0) is 19.4. The number of nitrogens with zero attached hydrogens (tertiary/aromatic N) is 4. The van der Waals surface area contributed by atoms with Crippen LogP contribution in [0.5, 0.6) is 0 Å². The zero-order valence-electron chi connectivity index (χ0n) is 15.3. The van der Waals surface area contributed by atoms with Crippen molar-refractivity contribution in [3.63, 3.8) is 0 Å². The second-order valence-electron chi connectivity index (χ2n) is 6.92. The van der Waals surface area contributed by atoms with Gasteiger partial charge in [-0.1, -0.05) is 5.16 Å². The first-order valence-corrected chi connectivity index (χ1v) is 10.9. The molecule has 9 heteroatoms. The summed E-state index contributed by atoms with van der Waals surface area (Å²) in [5.74, 6) is -0.529. The number of piperidine rings is 2. The van der Waals surface area contributed by atoms with Crippen LogP contribution in [0.4, 0.5) is 10.1 Å². The standard InChI is InChI=1S/C18H23FN4O3S/c1-27(24,25)16-2-3-18(17(19)12-16)23-10-4-14(5-11-23)21-26-15-6-8-22(13-20)9-7-15/h2-3,12,15H,4-11H2,1H3. The predicted octanol–water partition coefficient (Wildman–Crippen LogP) is 2.15. The van der Waals surface area contributed by atoms with E-state index in [9.17, 15) is 12.8 Å². The molecule has 0 N–H and O–H groups in total. The monoisotopic (exact) mass is 394 g/mol. The van der Waals surface area contributed by atoms with Gasteiger partial charge >= 0.3 is 0 Å². The van der Waals surface area contributed by atoms with Crippen molar-refractivity contribution in [1.29, 1.82) is 5.26 Å². The molecule has 3 rings (SSSR count). The molecule has 0 atom stereocenters. The Kier molecular flexibility index (Phi) is 5.85. The molecule has 0 saturated carbocycles. The van der Waals surface area contributed by atoms with E-state index in [0.29, 0.717) is 44.7 Å². The lowest BCUT2D eigenvalue weighted by atomic mass is 10.1. The average molecular weight is 394 g/mol. The van der Waals surface area contributed by atoms with E-state index >= 15 is 0 Å². The first-order chi connectivity index (χ1) is 12.9. The molecule has 2 aliphatic rings. The van der Waals surface area contributed by atoms with E-state index < -0.39 is 15.7 Å². The van der Waals surface area contributed by atoms with Gasteiger partial charge in [-0.05, 0) is 18.2 Å². The Balaban J connectivity index is 1.54. The highest BCUT2D eigenvalue weighted by Gasteiger charge is 2.22.